The number of rotatable bonds is 35. The fraction of sp³-hybridized carbons (Fsp3) is 0.567. The van der Waals surface area contributed by atoms with E-state index < -0.39 is 65.9 Å². The molecule has 0 bridgehead atoms. The molecule has 5 amide bonds. The van der Waals surface area contributed by atoms with Crippen LogP contribution in [0.25, 0.3) is 0 Å². The summed E-state index contributed by atoms with van der Waals surface area (Å²) in [5, 5.41) is 20.4. The van der Waals surface area contributed by atoms with Crippen molar-refractivity contribution in [2.75, 3.05) is 82.5 Å². The molecular formula is C67H98N6O12. The van der Waals surface area contributed by atoms with Gasteiger partial charge >= 0.3 is 0 Å². The van der Waals surface area contributed by atoms with E-state index in [1.54, 1.807) is 45.1 Å². The molecule has 1 unspecified atom stereocenters. The monoisotopic (exact) mass is 1180 g/mol. The van der Waals surface area contributed by atoms with Gasteiger partial charge in [0, 0.05) is 47.4 Å². The van der Waals surface area contributed by atoms with Crippen molar-refractivity contribution >= 4 is 29.5 Å². The summed E-state index contributed by atoms with van der Waals surface area (Å²) in [6.45, 7) is 14.4. The van der Waals surface area contributed by atoms with Crippen LogP contribution >= 0.6 is 0 Å². The number of nitrogens with zero attached hydrogens (tertiary/aromatic N) is 3. The van der Waals surface area contributed by atoms with Crippen LogP contribution in [-0.2, 0) is 54.9 Å². The average Bonchev–Trinajstić information content (AvgIpc) is 1.68. The summed E-state index contributed by atoms with van der Waals surface area (Å²) in [6.07, 6.45) is 0.193. The van der Waals surface area contributed by atoms with Gasteiger partial charge in [-0.05, 0) is 97.6 Å². The summed E-state index contributed by atoms with van der Waals surface area (Å²) in [6, 6.07) is 31.4. The molecule has 18 heteroatoms. The zero-order chi connectivity index (χ0) is 62.4. The minimum atomic E-state index is -1.12. The molecule has 1 fully saturated rings. The maximum Gasteiger partial charge on any atom is 0.245 e. The van der Waals surface area contributed by atoms with Crippen LogP contribution in [0, 0.1) is 23.7 Å². The Morgan fingerprint density at radius 3 is 1.80 bits per heavy atom. The lowest BCUT2D eigenvalue weighted by molar-refractivity contribution is -0.148. The highest BCUT2D eigenvalue weighted by atomic mass is 16.5. The van der Waals surface area contributed by atoms with Gasteiger partial charge in [0.1, 0.15) is 35.3 Å². The summed E-state index contributed by atoms with van der Waals surface area (Å²) in [5.41, 5.74) is 2.25. The number of carbonyl (C=O) groups is 5. The lowest BCUT2D eigenvalue weighted by Gasteiger charge is -2.41. The number of ether oxygens (including phenoxy) is 6. The van der Waals surface area contributed by atoms with E-state index in [0.717, 1.165) is 22.3 Å². The van der Waals surface area contributed by atoms with Gasteiger partial charge in [-0.2, -0.15) is 0 Å². The highest BCUT2D eigenvalue weighted by molar-refractivity contribution is 5.91. The number of methoxy groups -OCH3 is 4. The Hall–Kier alpha value is -6.41. The van der Waals surface area contributed by atoms with Gasteiger partial charge < -0.3 is 59.3 Å². The quantitative estimate of drug-likeness (QED) is 0.0265. The van der Waals surface area contributed by atoms with Crippen molar-refractivity contribution in [1.82, 2.24) is 30.7 Å². The first-order chi connectivity index (χ1) is 40.7. The van der Waals surface area contributed by atoms with Gasteiger partial charge in [0.05, 0.1) is 70.1 Å². The molecule has 4 aromatic rings. The number of benzene rings is 4. The predicted octanol–water partition coefficient (Wildman–Crippen LogP) is 7.27. The number of carbonyl (C=O) groups excluding carboxylic acids is 5. The normalized spacial score (nSPS) is 16.8. The summed E-state index contributed by atoms with van der Waals surface area (Å²) >= 11 is 0. The van der Waals surface area contributed by atoms with Crippen molar-refractivity contribution in [3.05, 3.63) is 131 Å². The highest BCUT2D eigenvalue weighted by Gasteiger charge is 2.44. The number of hydrogen-bond acceptors (Lipinski definition) is 13. The largest absolute Gasteiger partial charge is 0.497 e. The zero-order valence-electron chi connectivity index (χ0n) is 52.9. The van der Waals surface area contributed by atoms with Gasteiger partial charge in [-0.3, -0.25) is 28.9 Å². The van der Waals surface area contributed by atoms with Crippen LogP contribution in [0.5, 0.6) is 11.5 Å². The molecule has 0 spiro atoms. The topological polar surface area (TPSA) is 207 Å². The Kier molecular flexibility index (Phi) is 27.8. The number of likely N-dealkylation sites (N-methyl/N-ethyl adjacent to an activating group) is 2. The summed E-state index contributed by atoms with van der Waals surface area (Å²) in [4.78, 5) is 76.4. The third kappa shape index (κ3) is 18.6. The van der Waals surface area contributed by atoms with E-state index in [1.807, 2.05) is 170 Å². The van der Waals surface area contributed by atoms with Crippen molar-refractivity contribution in [1.29, 1.82) is 0 Å². The summed E-state index contributed by atoms with van der Waals surface area (Å²) < 4.78 is 35.9. The van der Waals surface area contributed by atoms with E-state index >= 15 is 0 Å². The molecule has 1 heterocycles. The minimum Gasteiger partial charge on any atom is -0.497 e. The van der Waals surface area contributed by atoms with Crippen molar-refractivity contribution < 1.29 is 57.5 Å². The standard InChI is InChI=1S/C67H98N6O12/c1-15-46(6)61(72(10)66(79)59(44(2)3)70-65(78)60(45(4)5)71(8)9)57(82-13)41-58(75)73-38-22-28-56(73)62(83-14)47(7)63(76)69-55(40-48-24-18-16-19-25-48)64(77)68-37-23-39-84-42-52(74)43-85-67(49-26-20-17-21-27-49,50-29-33-53(80-11)34-30-50)51-31-35-54(81-12)36-32-51/h16-21,24-27,29-36,44-47,52,55-57,59-62,74H,15,22-23,28,37-43H2,1-14H3,(H,68,77)(H,69,76)(H,70,78)/t46-,47+,52?,55-,56-,57+,59-,60-,61-,62+/m0/s1. The number of amides is 5. The number of aliphatic hydroxyl groups is 1. The van der Waals surface area contributed by atoms with Crippen LogP contribution in [0.15, 0.2) is 109 Å². The number of aliphatic hydroxyl groups excluding tert-OH is 1. The highest BCUT2D eigenvalue weighted by Crippen LogP contribution is 2.42. The second kappa shape index (κ2) is 34.1. The number of likely N-dealkylation sites (tertiary alicyclic amines) is 1. The molecule has 1 aliphatic heterocycles. The van der Waals surface area contributed by atoms with Crippen molar-refractivity contribution in [2.24, 2.45) is 23.7 Å². The third-order valence-corrected chi connectivity index (χ3v) is 16.6. The second-order valence-corrected chi connectivity index (χ2v) is 23.4. The Morgan fingerprint density at radius 1 is 0.706 bits per heavy atom. The number of hydrogen-bond donors (Lipinski definition) is 4. The van der Waals surface area contributed by atoms with E-state index in [4.69, 9.17) is 28.4 Å². The zero-order valence-corrected chi connectivity index (χ0v) is 52.9. The van der Waals surface area contributed by atoms with Crippen molar-refractivity contribution in [2.45, 2.75) is 141 Å². The molecule has 18 nitrogen and oxygen atoms in total. The molecule has 468 valence electrons. The van der Waals surface area contributed by atoms with Gasteiger partial charge in [-0.15, -0.1) is 0 Å². The lowest BCUT2D eigenvalue weighted by Crippen LogP contribution is -2.59. The van der Waals surface area contributed by atoms with E-state index in [0.29, 0.717) is 43.7 Å². The van der Waals surface area contributed by atoms with Crippen LogP contribution in [0.2, 0.25) is 0 Å². The van der Waals surface area contributed by atoms with Gasteiger partial charge in [0.2, 0.25) is 29.5 Å². The van der Waals surface area contributed by atoms with Crippen LogP contribution in [-0.4, -0.2) is 180 Å². The molecule has 5 rings (SSSR count). The number of nitrogens with one attached hydrogen (secondary N) is 3. The first kappa shape index (κ1) is 69.4. The summed E-state index contributed by atoms with van der Waals surface area (Å²) in [5.74, 6) is -1.11. The molecule has 4 aromatic carbocycles. The molecule has 1 saturated heterocycles. The fourth-order valence-electron chi connectivity index (χ4n) is 11.8. The predicted molar refractivity (Wildman–Crippen MR) is 330 cm³/mol. The van der Waals surface area contributed by atoms with Gasteiger partial charge in [-0.25, -0.2) is 0 Å². The molecule has 1 aliphatic rings. The van der Waals surface area contributed by atoms with E-state index in [-0.39, 0.29) is 80.6 Å². The van der Waals surface area contributed by atoms with Crippen molar-refractivity contribution in [3.8, 4) is 11.5 Å². The van der Waals surface area contributed by atoms with Gasteiger partial charge in [0.15, 0.2) is 0 Å². The Bertz CT molecular complexity index is 2610. The SMILES string of the molecule is CC[C@H](C)[C@@H]([C@@H](CC(=O)N1CCC[C@H]1[C@H](OC)[C@@H](C)C(=O)N[C@@H](Cc1ccccc1)C(=O)NCCCOCC(O)COC(c1ccccc1)(c1ccc(OC)cc1)c1ccc(OC)cc1)OC)N(C)C(=O)[C@@H](NC(=O)[C@H](C(C)C)N(C)C)C(C)C. The van der Waals surface area contributed by atoms with Crippen LogP contribution in [0.3, 0.4) is 0 Å². The van der Waals surface area contributed by atoms with E-state index in [1.165, 1.54) is 7.11 Å². The fourth-order valence-corrected chi connectivity index (χ4v) is 11.8. The average molecular weight is 1180 g/mol. The summed E-state index contributed by atoms with van der Waals surface area (Å²) in [7, 11) is 11.7. The Morgan fingerprint density at radius 2 is 1.28 bits per heavy atom. The van der Waals surface area contributed by atoms with Crippen molar-refractivity contribution in [3.63, 3.8) is 0 Å². The Balaban J connectivity index is 1.21. The van der Waals surface area contributed by atoms with E-state index in [9.17, 15) is 29.1 Å². The Labute approximate surface area is 506 Å². The molecule has 4 N–H and O–H groups in total. The maximum absolute atomic E-state index is 14.6. The molecule has 10 atom stereocenters. The van der Waals surface area contributed by atoms with Gasteiger partial charge in [-0.1, -0.05) is 140 Å². The first-order valence-corrected chi connectivity index (χ1v) is 30.1. The molecule has 85 heavy (non-hydrogen) atoms. The molecule has 0 radical (unpaired) electrons. The molecule has 0 saturated carbocycles. The molecule has 0 aromatic heterocycles. The van der Waals surface area contributed by atoms with Crippen LogP contribution in [0.1, 0.15) is 103 Å². The van der Waals surface area contributed by atoms with Crippen LogP contribution < -0.4 is 25.4 Å². The second-order valence-electron chi connectivity index (χ2n) is 23.4. The van der Waals surface area contributed by atoms with Gasteiger partial charge in [0.25, 0.3) is 0 Å². The lowest BCUT2D eigenvalue weighted by atomic mass is 9.80. The molecule has 0 aliphatic carbocycles. The minimum absolute atomic E-state index is 0.0145. The maximum atomic E-state index is 14.6. The van der Waals surface area contributed by atoms with Crippen LogP contribution in [0.4, 0.5) is 0 Å². The molecular weight excluding hydrogens is 1080 g/mol. The van der Waals surface area contributed by atoms with E-state index in [2.05, 4.69) is 16.0 Å². The third-order valence-electron chi connectivity index (χ3n) is 16.6. The first-order valence-electron chi connectivity index (χ1n) is 30.1. The smallest absolute Gasteiger partial charge is 0.245 e.